The van der Waals surface area contributed by atoms with E-state index < -0.39 is 15.6 Å². The standard InChI is InChI=1S/C5H6N2O.C2H3F3O3S/c1-7-4-6-2-5(7)3-8;1-8-9(6,7)2(3,4)5/h2-4H,1H3;1H3. The van der Waals surface area contributed by atoms with Crippen LogP contribution in [0.15, 0.2) is 12.5 Å². The molecule has 10 heteroatoms. The summed E-state index contributed by atoms with van der Waals surface area (Å²) in [5.74, 6) is 0. The third-order valence-electron chi connectivity index (χ3n) is 1.48. The summed E-state index contributed by atoms with van der Waals surface area (Å²) in [6.07, 6.45) is 3.88. The lowest BCUT2D eigenvalue weighted by Gasteiger charge is -2.02. The van der Waals surface area contributed by atoms with E-state index in [1.807, 2.05) is 0 Å². The predicted octanol–water partition coefficient (Wildman–Crippen LogP) is 0.715. The Morgan fingerprint density at radius 3 is 2.12 bits per heavy atom. The summed E-state index contributed by atoms with van der Waals surface area (Å²) in [6.45, 7) is 0. The van der Waals surface area contributed by atoms with Crippen LogP contribution in [0.1, 0.15) is 10.5 Å². The van der Waals surface area contributed by atoms with Gasteiger partial charge in [0.25, 0.3) is 0 Å². The molecule has 1 rings (SSSR count). The third kappa shape index (κ3) is 4.53. The molecule has 0 fully saturated rings. The Kier molecular flexibility index (Phi) is 5.29. The summed E-state index contributed by atoms with van der Waals surface area (Å²) in [5, 5.41) is 0. The fourth-order valence-corrected chi connectivity index (χ4v) is 0.764. The van der Waals surface area contributed by atoms with E-state index in [1.165, 1.54) is 6.20 Å². The molecule has 0 unspecified atom stereocenters. The Bertz CT molecular complexity index is 466. The number of carbonyl (C=O) groups excluding carboxylic acids is 1. The Morgan fingerprint density at radius 1 is 1.47 bits per heavy atom. The monoisotopic (exact) mass is 274 g/mol. The van der Waals surface area contributed by atoms with Gasteiger partial charge in [0.15, 0.2) is 6.29 Å². The number of aromatic nitrogens is 2. The van der Waals surface area contributed by atoms with Gasteiger partial charge in [-0.3, -0.25) is 8.98 Å². The zero-order valence-corrected chi connectivity index (χ0v) is 9.62. The van der Waals surface area contributed by atoms with Crippen molar-refractivity contribution < 1.29 is 30.6 Å². The first kappa shape index (κ1) is 15.6. The molecule has 6 nitrogen and oxygen atoms in total. The highest BCUT2D eigenvalue weighted by Gasteiger charge is 2.46. The summed E-state index contributed by atoms with van der Waals surface area (Å²) in [7, 11) is -3.11. The molecule has 0 radical (unpaired) electrons. The van der Waals surface area contributed by atoms with Crippen LogP contribution in [0.5, 0.6) is 0 Å². The van der Waals surface area contributed by atoms with Gasteiger partial charge in [-0.05, 0) is 0 Å². The summed E-state index contributed by atoms with van der Waals surface area (Å²) in [5.41, 5.74) is -4.70. The smallest absolute Gasteiger partial charge is 0.332 e. The fraction of sp³-hybridized carbons (Fsp3) is 0.429. The van der Waals surface area contributed by atoms with E-state index in [2.05, 4.69) is 9.17 Å². The van der Waals surface area contributed by atoms with E-state index in [-0.39, 0.29) is 0 Å². The van der Waals surface area contributed by atoms with Crippen molar-refractivity contribution in [1.29, 1.82) is 0 Å². The van der Waals surface area contributed by atoms with Gasteiger partial charge >= 0.3 is 15.6 Å². The van der Waals surface area contributed by atoms with Gasteiger partial charge in [-0.1, -0.05) is 0 Å². The van der Waals surface area contributed by atoms with E-state index >= 15 is 0 Å². The predicted molar refractivity (Wildman–Crippen MR) is 50.6 cm³/mol. The van der Waals surface area contributed by atoms with Crippen molar-refractivity contribution in [3.8, 4) is 0 Å². The van der Waals surface area contributed by atoms with Gasteiger partial charge in [0.2, 0.25) is 0 Å². The number of halogens is 3. The minimum Gasteiger partial charge on any atom is -0.332 e. The minimum atomic E-state index is -5.34. The van der Waals surface area contributed by atoms with Gasteiger partial charge < -0.3 is 4.57 Å². The maximum atomic E-state index is 11.1. The van der Waals surface area contributed by atoms with E-state index in [0.29, 0.717) is 12.8 Å². The van der Waals surface area contributed by atoms with Crippen LogP contribution in [0.2, 0.25) is 0 Å². The van der Waals surface area contributed by atoms with Gasteiger partial charge in [-0.15, -0.1) is 0 Å². The summed E-state index contributed by atoms with van der Waals surface area (Å²) < 4.78 is 57.5. The highest BCUT2D eigenvalue weighted by atomic mass is 32.2. The number of imidazole rings is 1. The number of rotatable bonds is 2. The van der Waals surface area contributed by atoms with Gasteiger partial charge in [-0.2, -0.15) is 21.6 Å². The Hall–Kier alpha value is -1.42. The summed E-state index contributed by atoms with van der Waals surface area (Å²) >= 11 is 0. The zero-order valence-electron chi connectivity index (χ0n) is 8.80. The molecular weight excluding hydrogens is 265 g/mol. The molecule has 0 aromatic carbocycles. The molecule has 1 aromatic rings. The van der Waals surface area contributed by atoms with Crippen molar-refractivity contribution in [1.82, 2.24) is 9.55 Å². The second kappa shape index (κ2) is 5.77. The molecule has 0 atom stereocenters. The molecule has 1 aromatic heterocycles. The van der Waals surface area contributed by atoms with Crippen molar-refractivity contribution in [2.24, 2.45) is 7.05 Å². The van der Waals surface area contributed by atoms with Crippen molar-refractivity contribution in [2.75, 3.05) is 7.11 Å². The number of aryl methyl sites for hydroxylation is 1. The van der Waals surface area contributed by atoms with Gasteiger partial charge in [0.05, 0.1) is 19.6 Å². The largest absolute Gasteiger partial charge is 0.523 e. The van der Waals surface area contributed by atoms with Crippen LogP contribution in [0.25, 0.3) is 0 Å². The second-order valence-corrected chi connectivity index (χ2v) is 4.32. The van der Waals surface area contributed by atoms with Crippen molar-refractivity contribution >= 4 is 16.4 Å². The van der Waals surface area contributed by atoms with Crippen LogP contribution >= 0.6 is 0 Å². The average molecular weight is 274 g/mol. The lowest BCUT2D eigenvalue weighted by atomic mass is 10.5. The lowest BCUT2D eigenvalue weighted by molar-refractivity contribution is -0.0526. The van der Waals surface area contributed by atoms with Crippen molar-refractivity contribution in [2.45, 2.75) is 5.51 Å². The lowest BCUT2D eigenvalue weighted by Crippen LogP contribution is -2.23. The van der Waals surface area contributed by atoms with E-state index in [1.54, 1.807) is 17.9 Å². The Balaban J connectivity index is 0.000000302. The van der Waals surface area contributed by atoms with Crippen LogP contribution < -0.4 is 0 Å². The topological polar surface area (TPSA) is 78.3 Å². The second-order valence-electron chi connectivity index (χ2n) is 2.61. The van der Waals surface area contributed by atoms with Crippen molar-refractivity contribution in [3.63, 3.8) is 0 Å². The molecule has 0 aliphatic carbocycles. The fourth-order valence-electron chi connectivity index (χ4n) is 0.575. The average Bonchev–Trinajstić information content (AvgIpc) is 2.63. The van der Waals surface area contributed by atoms with Gasteiger partial charge in [0, 0.05) is 7.05 Å². The van der Waals surface area contributed by atoms with Crippen molar-refractivity contribution in [3.05, 3.63) is 18.2 Å². The molecule has 0 aliphatic heterocycles. The van der Waals surface area contributed by atoms with Crippen LogP contribution in [-0.4, -0.2) is 36.9 Å². The van der Waals surface area contributed by atoms with Crippen LogP contribution in [0.4, 0.5) is 13.2 Å². The van der Waals surface area contributed by atoms with Gasteiger partial charge in [-0.25, -0.2) is 4.98 Å². The molecule has 0 saturated heterocycles. The number of hydrogen-bond acceptors (Lipinski definition) is 5. The molecular formula is C7H9F3N2O4S. The number of hydrogen-bond donors (Lipinski definition) is 0. The molecule has 0 aliphatic rings. The first-order chi connectivity index (χ1) is 7.65. The molecule has 0 bridgehead atoms. The summed E-state index contributed by atoms with van der Waals surface area (Å²) in [6, 6.07) is 0. The number of alkyl halides is 3. The molecule has 1 heterocycles. The zero-order chi connectivity index (χ0) is 13.7. The van der Waals surface area contributed by atoms with E-state index in [4.69, 9.17) is 0 Å². The SMILES string of the molecule is COS(=O)(=O)C(F)(F)F.Cn1cncc1C=O. The number of nitrogens with zero attached hydrogens (tertiary/aromatic N) is 2. The number of aldehydes is 1. The molecule has 98 valence electrons. The molecule has 0 spiro atoms. The minimum absolute atomic E-state index is 0.447. The first-order valence-electron chi connectivity index (χ1n) is 3.94. The van der Waals surface area contributed by atoms with Crippen LogP contribution in [0, 0.1) is 0 Å². The normalized spacial score (nSPS) is 11.6. The highest BCUT2D eigenvalue weighted by Crippen LogP contribution is 2.23. The maximum absolute atomic E-state index is 11.1. The van der Waals surface area contributed by atoms with Crippen LogP contribution in [-0.2, 0) is 21.3 Å². The molecule has 17 heavy (non-hydrogen) atoms. The number of carbonyl (C=O) groups is 1. The molecule has 0 N–H and O–H groups in total. The Labute approximate surface area is 95.1 Å². The quantitative estimate of drug-likeness (QED) is 0.451. The summed E-state index contributed by atoms with van der Waals surface area (Å²) in [4.78, 5) is 13.8. The maximum Gasteiger partial charge on any atom is 0.523 e. The van der Waals surface area contributed by atoms with E-state index in [9.17, 15) is 26.4 Å². The van der Waals surface area contributed by atoms with Crippen LogP contribution in [0.3, 0.4) is 0 Å². The molecule has 0 saturated carbocycles. The third-order valence-corrected chi connectivity index (χ3v) is 2.48. The van der Waals surface area contributed by atoms with Gasteiger partial charge in [0.1, 0.15) is 5.69 Å². The van der Waals surface area contributed by atoms with E-state index in [0.717, 1.165) is 6.29 Å². The molecule has 0 amide bonds. The Morgan fingerprint density at radius 2 is 2.00 bits per heavy atom. The highest BCUT2D eigenvalue weighted by molar-refractivity contribution is 7.87. The first-order valence-corrected chi connectivity index (χ1v) is 5.35.